The van der Waals surface area contributed by atoms with Crippen LogP contribution in [0.2, 0.25) is 0 Å². The molecule has 118 valence electrons. The van der Waals surface area contributed by atoms with E-state index < -0.39 is 17.8 Å². The minimum absolute atomic E-state index is 0.0147. The predicted molar refractivity (Wildman–Crippen MR) is 83.9 cm³/mol. The molecule has 1 aliphatic heterocycles. The van der Waals surface area contributed by atoms with Gasteiger partial charge in [-0.15, -0.1) is 0 Å². The molecule has 0 spiro atoms. The monoisotopic (exact) mass is 314 g/mol. The van der Waals surface area contributed by atoms with Crippen LogP contribution in [-0.2, 0) is 9.59 Å². The molecule has 2 amide bonds. The van der Waals surface area contributed by atoms with Crippen LogP contribution in [0.1, 0.15) is 6.42 Å². The molecule has 0 unspecified atom stereocenters. The van der Waals surface area contributed by atoms with Crippen molar-refractivity contribution in [1.82, 2.24) is 0 Å². The molecule has 1 saturated heterocycles. The first-order chi connectivity index (χ1) is 11.1. The second-order valence-electron chi connectivity index (χ2n) is 5.15. The molecule has 0 bridgehead atoms. The predicted octanol–water partition coefficient (Wildman–Crippen LogP) is 2.58. The maximum absolute atomic E-state index is 13.7. The Kier molecular flexibility index (Phi) is 3.97. The number of hydrogen-bond donors (Lipinski definition) is 1. The topological polar surface area (TPSA) is 58.6 Å². The number of imide groups is 1. The third-order valence-corrected chi connectivity index (χ3v) is 3.68. The number of para-hydroxylation sites is 1. The Bertz CT molecular complexity index is 746. The lowest BCUT2D eigenvalue weighted by Gasteiger charge is -2.16. The molecule has 1 atom stereocenters. The summed E-state index contributed by atoms with van der Waals surface area (Å²) in [6, 6.07) is 11.9. The van der Waals surface area contributed by atoms with E-state index in [0.717, 1.165) is 4.90 Å². The minimum atomic E-state index is -0.776. The maximum Gasteiger partial charge on any atom is 0.256 e. The zero-order valence-corrected chi connectivity index (χ0v) is 12.5. The number of carbonyl (C=O) groups excluding carboxylic acids is 2. The molecule has 0 radical (unpaired) electrons. The molecule has 0 aromatic heterocycles. The van der Waals surface area contributed by atoms with E-state index in [1.807, 2.05) is 0 Å². The summed E-state index contributed by atoms with van der Waals surface area (Å²) in [6.07, 6.45) is -0.0147. The quantitative estimate of drug-likeness (QED) is 0.881. The fourth-order valence-electron chi connectivity index (χ4n) is 2.51. The van der Waals surface area contributed by atoms with Gasteiger partial charge in [0.2, 0.25) is 5.91 Å². The highest BCUT2D eigenvalue weighted by Crippen LogP contribution is 2.27. The molecule has 3 rings (SSSR count). The molecule has 2 aromatic carbocycles. The number of halogens is 1. The van der Waals surface area contributed by atoms with Crippen LogP contribution >= 0.6 is 0 Å². The highest BCUT2D eigenvalue weighted by molar-refractivity contribution is 6.23. The largest absolute Gasteiger partial charge is 0.497 e. The summed E-state index contributed by atoms with van der Waals surface area (Å²) in [5.41, 5.74) is 0.675. The first-order valence-corrected chi connectivity index (χ1v) is 7.12. The van der Waals surface area contributed by atoms with Gasteiger partial charge in [-0.3, -0.25) is 9.59 Å². The second kappa shape index (κ2) is 6.08. The highest BCUT2D eigenvalue weighted by Gasteiger charge is 2.39. The van der Waals surface area contributed by atoms with E-state index in [4.69, 9.17) is 4.74 Å². The fourth-order valence-corrected chi connectivity index (χ4v) is 2.51. The van der Waals surface area contributed by atoms with Crippen LogP contribution < -0.4 is 15.0 Å². The number of nitrogens with one attached hydrogen (secondary N) is 1. The number of anilines is 2. The van der Waals surface area contributed by atoms with Crippen molar-refractivity contribution in [2.75, 3.05) is 17.3 Å². The number of benzene rings is 2. The molecule has 0 saturated carbocycles. The summed E-state index contributed by atoms with van der Waals surface area (Å²) in [5, 5.41) is 2.80. The molecule has 1 fully saturated rings. The fraction of sp³-hybridized carbons (Fsp3) is 0.176. The van der Waals surface area contributed by atoms with Crippen molar-refractivity contribution in [2.45, 2.75) is 12.5 Å². The Morgan fingerprint density at radius 2 is 1.83 bits per heavy atom. The van der Waals surface area contributed by atoms with E-state index in [1.54, 1.807) is 36.4 Å². The number of rotatable bonds is 4. The minimum Gasteiger partial charge on any atom is -0.497 e. The maximum atomic E-state index is 13.7. The molecule has 23 heavy (non-hydrogen) atoms. The standard InChI is InChI=1S/C17H15FN2O3/c1-23-12-8-6-11(7-9-12)20-16(21)10-15(17(20)22)19-14-5-3-2-4-13(14)18/h2-9,15,19H,10H2,1H3/t15-/m0/s1. The van der Waals surface area contributed by atoms with E-state index in [-0.39, 0.29) is 18.0 Å². The Balaban J connectivity index is 1.80. The molecule has 5 nitrogen and oxygen atoms in total. The van der Waals surface area contributed by atoms with Crippen LogP contribution in [0.15, 0.2) is 48.5 Å². The van der Waals surface area contributed by atoms with Gasteiger partial charge < -0.3 is 10.1 Å². The number of amides is 2. The first kappa shape index (κ1) is 15.0. The Morgan fingerprint density at radius 1 is 1.13 bits per heavy atom. The van der Waals surface area contributed by atoms with Gasteiger partial charge in [0, 0.05) is 0 Å². The Labute approximate surface area is 132 Å². The van der Waals surface area contributed by atoms with E-state index in [2.05, 4.69) is 5.32 Å². The van der Waals surface area contributed by atoms with Gasteiger partial charge in [0.05, 0.1) is 24.9 Å². The summed E-state index contributed by atoms with van der Waals surface area (Å²) in [6.45, 7) is 0. The number of nitrogens with zero attached hydrogens (tertiary/aromatic N) is 1. The van der Waals surface area contributed by atoms with Gasteiger partial charge in [-0.1, -0.05) is 12.1 Å². The molecule has 6 heteroatoms. The van der Waals surface area contributed by atoms with Gasteiger partial charge in [-0.2, -0.15) is 0 Å². The molecule has 2 aromatic rings. The van der Waals surface area contributed by atoms with Crippen LogP contribution in [0.5, 0.6) is 5.75 Å². The van der Waals surface area contributed by atoms with Crippen LogP contribution in [0.3, 0.4) is 0 Å². The lowest BCUT2D eigenvalue weighted by atomic mass is 10.2. The van der Waals surface area contributed by atoms with Crippen molar-refractivity contribution in [3.63, 3.8) is 0 Å². The smallest absolute Gasteiger partial charge is 0.256 e. The van der Waals surface area contributed by atoms with Gasteiger partial charge in [0.1, 0.15) is 17.6 Å². The third-order valence-electron chi connectivity index (χ3n) is 3.68. The molecule has 1 N–H and O–H groups in total. The van der Waals surface area contributed by atoms with E-state index in [0.29, 0.717) is 11.4 Å². The third kappa shape index (κ3) is 2.88. The number of ether oxygens (including phenoxy) is 1. The van der Waals surface area contributed by atoms with Crippen LogP contribution in [0, 0.1) is 5.82 Å². The molecule has 1 heterocycles. The average molecular weight is 314 g/mol. The van der Waals surface area contributed by atoms with Crippen molar-refractivity contribution in [3.8, 4) is 5.75 Å². The SMILES string of the molecule is COc1ccc(N2C(=O)C[C@H](Nc3ccccc3F)C2=O)cc1. The van der Waals surface area contributed by atoms with E-state index in [9.17, 15) is 14.0 Å². The summed E-state index contributed by atoms with van der Waals surface area (Å²) >= 11 is 0. The zero-order valence-electron chi connectivity index (χ0n) is 12.5. The van der Waals surface area contributed by atoms with Gasteiger partial charge in [0.15, 0.2) is 0 Å². The number of carbonyl (C=O) groups is 2. The average Bonchev–Trinajstić information content (AvgIpc) is 2.84. The number of methoxy groups -OCH3 is 1. The highest BCUT2D eigenvalue weighted by atomic mass is 19.1. The van der Waals surface area contributed by atoms with Crippen molar-refractivity contribution in [1.29, 1.82) is 0 Å². The lowest BCUT2D eigenvalue weighted by molar-refractivity contribution is -0.121. The molecule has 1 aliphatic rings. The Morgan fingerprint density at radius 3 is 2.48 bits per heavy atom. The van der Waals surface area contributed by atoms with Crippen LogP contribution in [-0.4, -0.2) is 25.0 Å². The Hall–Kier alpha value is -2.89. The summed E-state index contributed by atoms with van der Waals surface area (Å²) in [5.74, 6) is -0.554. The van der Waals surface area contributed by atoms with Crippen LogP contribution in [0.25, 0.3) is 0 Å². The van der Waals surface area contributed by atoms with Gasteiger partial charge in [-0.05, 0) is 36.4 Å². The molecular weight excluding hydrogens is 299 g/mol. The molecule has 0 aliphatic carbocycles. The second-order valence-corrected chi connectivity index (χ2v) is 5.15. The summed E-state index contributed by atoms with van der Waals surface area (Å²) in [7, 11) is 1.54. The lowest BCUT2D eigenvalue weighted by Crippen LogP contribution is -2.34. The van der Waals surface area contributed by atoms with Crippen molar-refractivity contribution in [3.05, 3.63) is 54.3 Å². The summed E-state index contributed by atoms with van der Waals surface area (Å²) < 4.78 is 18.7. The first-order valence-electron chi connectivity index (χ1n) is 7.12. The van der Waals surface area contributed by atoms with Crippen molar-refractivity contribution < 1.29 is 18.7 Å². The number of hydrogen-bond acceptors (Lipinski definition) is 4. The van der Waals surface area contributed by atoms with Gasteiger partial charge in [-0.25, -0.2) is 9.29 Å². The normalized spacial score (nSPS) is 17.5. The van der Waals surface area contributed by atoms with Gasteiger partial charge in [0.25, 0.3) is 5.91 Å². The zero-order chi connectivity index (χ0) is 16.4. The summed E-state index contributed by atoms with van der Waals surface area (Å²) in [4.78, 5) is 25.7. The van der Waals surface area contributed by atoms with E-state index in [1.165, 1.54) is 19.2 Å². The van der Waals surface area contributed by atoms with Crippen LogP contribution in [0.4, 0.5) is 15.8 Å². The van der Waals surface area contributed by atoms with E-state index >= 15 is 0 Å². The van der Waals surface area contributed by atoms with Gasteiger partial charge >= 0.3 is 0 Å². The van der Waals surface area contributed by atoms with Crippen molar-refractivity contribution in [2.24, 2.45) is 0 Å². The molecular formula is C17H15FN2O3. The van der Waals surface area contributed by atoms with Crippen molar-refractivity contribution >= 4 is 23.2 Å².